The number of halogens is 3. The molecule has 0 atom stereocenters. The van der Waals surface area contributed by atoms with E-state index >= 15 is 0 Å². The molecule has 0 fully saturated rings. The average molecular weight is 374 g/mol. The summed E-state index contributed by atoms with van der Waals surface area (Å²) in [7, 11) is 0. The van der Waals surface area contributed by atoms with Crippen molar-refractivity contribution in [1.29, 1.82) is 0 Å². The Morgan fingerprint density at radius 2 is 1.78 bits per heavy atom. The number of allylic oxidation sites excluding steroid dienone is 2. The predicted octanol–water partition coefficient (Wildman–Crippen LogP) is 5.45. The SMILES string of the molecule is CC1=NC(C)=C(c2nccc(-c3ccccc3C(F)(F)F)c2C(=O)O)CC1. The fraction of sp³-hybridized carbons (Fsp3) is 0.250. The molecular weight excluding hydrogens is 357 g/mol. The maximum Gasteiger partial charge on any atom is 0.417 e. The highest BCUT2D eigenvalue weighted by molar-refractivity contribution is 6.02. The molecule has 2 heterocycles. The first-order valence-electron chi connectivity index (χ1n) is 8.33. The zero-order valence-electron chi connectivity index (χ0n) is 14.8. The second kappa shape index (κ2) is 6.98. The number of alkyl halides is 3. The lowest BCUT2D eigenvalue weighted by Crippen LogP contribution is -2.12. The molecule has 1 aromatic carbocycles. The van der Waals surface area contributed by atoms with Gasteiger partial charge < -0.3 is 5.11 Å². The van der Waals surface area contributed by atoms with Crippen molar-refractivity contribution >= 4 is 17.3 Å². The number of aliphatic imine (C=N–C) groups is 1. The first kappa shape index (κ1) is 18.8. The average Bonchev–Trinajstić information content (AvgIpc) is 2.60. The molecule has 2 aromatic rings. The van der Waals surface area contributed by atoms with Crippen LogP contribution < -0.4 is 0 Å². The molecule has 0 aliphatic carbocycles. The van der Waals surface area contributed by atoms with Crippen LogP contribution in [-0.2, 0) is 6.18 Å². The first-order chi connectivity index (χ1) is 12.7. The van der Waals surface area contributed by atoms with Crippen molar-refractivity contribution in [2.45, 2.75) is 32.9 Å². The van der Waals surface area contributed by atoms with E-state index in [1.807, 2.05) is 6.92 Å². The van der Waals surface area contributed by atoms with Crippen molar-refractivity contribution in [3.63, 3.8) is 0 Å². The zero-order valence-corrected chi connectivity index (χ0v) is 14.8. The summed E-state index contributed by atoms with van der Waals surface area (Å²) >= 11 is 0. The van der Waals surface area contributed by atoms with Gasteiger partial charge in [0, 0.05) is 28.7 Å². The van der Waals surface area contributed by atoms with Crippen LogP contribution >= 0.6 is 0 Å². The molecule has 3 rings (SSSR count). The Kier molecular flexibility index (Phi) is 4.87. The summed E-state index contributed by atoms with van der Waals surface area (Å²) in [5.41, 5.74) is 1.06. The van der Waals surface area contributed by atoms with Crippen LogP contribution in [0.5, 0.6) is 0 Å². The number of nitrogens with zero attached hydrogens (tertiary/aromatic N) is 2. The monoisotopic (exact) mass is 374 g/mol. The van der Waals surface area contributed by atoms with Gasteiger partial charge in [0.2, 0.25) is 0 Å². The van der Waals surface area contributed by atoms with Gasteiger partial charge in [-0.1, -0.05) is 18.2 Å². The smallest absolute Gasteiger partial charge is 0.417 e. The molecule has 0 saturated heterocycles. The fourth-order valence-electron chi connectivity index (χ4n) is 3.28. The lowest BCUT2D eigenvalue weighted by molar-refractivity contribution is -0.137. The van der Waals surface area contributed by atoms with Gasteiger partial charge >= 0.3 is 12.1 Å². The van der Waals surface area contributed by atoms with Crippen LogP contribution in [0.4, 0.5) is 13.2 Å². The molecule has 27 heavy (non-hydrogen) atoms. The fourth-order valence-corrected chi connectivity index (χ4v) is 3.28. The Labute approximate surface area is 154 Å². The third-order valence-corrected chi connectivity index (χ3v) is 4.51. The van der Waals surface area contributed by atoms with Gasteiger partial charge in [0.25, 0.3) is 0 Å². The number of rotatable bonds is 3. The molecule has 1 aliphatic rings. The van der Waals surface area contributed by atoms with E-state index < -0.39 is 17.7 Å². The first-order valence-corrected chi connectivity index (χ1v) is 8.33. The van der Waals surface area contributed by atoms with Gasteiger partial charge in [-0.25, -0.2) is 4.79 Å². The minimum absolute atomic E-state index is 0.00741. The summed E-state index contributed by atoms with van der Waals surface area (Å²) in [6, 6.07) is 6.26. The predicted molar refractivity (Wildman–Crippen MR) is 96.6 cm³/mol. The third-order valence-electron chi connectivity index (χ3n) is 4.51. The lowest BCUT2D eigenvalue weighted by Gasteiger charge is -2.19. The maximum atomic E-state index is 13.4. The number of aromatic carboxylic acids is 1. The van der Waals surface area contributed by atoms with Gasteiger partial charge in [-0.2, -0.15) is 13.2 Å². The molecule has 1 aliphatic heterocycles. The lowest BCUT2D eigenvalue weighted by atomic mass is 9.90. The van der Waals surface area contributed by atoms with E-state index in [1.54, 1.807) is 6.92 Å². The van der Waals surface area contributed by atoms with Gasteiger partial charge in [-0.15, -0.1) is 0 Å². The molecule has 140 valence electrons. The highest BCUT2D eigenvalue weighted by Crippen LogP contribution is 2.40. The van der Waals surface area contributed by atoms with Crippen molar-refractivity contribution in [2.75, 3.05) is 0 Å². The van der Waals surface area contributed by atoms with Gasteiger partial charge in [-0.05, 0) is 44.4 Å². The Morgan fingerprint density at radius 3 is 2.41 bits per heavy atom. The number of hydrogen-bond donors (Lipinski definition) is 1. The summed E-state index contributed by atoms with van der Waals surface area (Å²) < 4.78 is 40.3. The minimum atomic E-state index is -4.60. The van der Waals surface area contributed by atoms with Crippen molar-refractivity contribution in [3.8, 4) is 11.1 Å². The summed E-state index contributed by atoms with van der Waals surface area (Å²) in [5.74, 6) is -1.32. The van der Waals surface area contributed by atoms with Crippen molar-refractivity contribution in [2.24, 2.45) is 4.99 Å². The second-order valence-corrected chi connectivity index (χ2v) is 6.34. The van der Waals surface area contributed by atoms with E-state index in [0.29, 0.717) is 24.1 Å². The molecule has 1 aromatic heterocycles. The highest BCUT2D eigenvalue weighted by Gasteiger charge is 2.35. The largest absolute Gasteiger partial charge is 0.478 e. The number of carbonyl (C=O) groups is 1. The third kappa shape index (κ3) is 3.63. The number of aromatic nitrogens is 1. The number of carboxylic acids is 1. The molecule has 0 amide bonds. The van der Waals surface area contributed by atoms with E-state index in [2.05, 4.69) is 9.98 Å². The number of pyridine rings is 1. The van der Waals surface area contributed by atoms with Gasteiger partial charge in [0.1, 0.15) is 0 Å². The molecule has 0 bridgehead atoms. The van der Waals surface area contributed by atoms with Crippen LogP contribution in [0.2, 0.25) is 0 Å². The molecule has 0 radical (unpaired) electrons. The molecule has 7 heteroatoms. The zero-order chi connectivity index (χ0) is 19.8. The standard InChI is InChI=1S/C20H17F3N2O2/c1-11-7-8-13(12(2)25-11)18-17(19(26)27)15(9-10-24-18)14-5-3-4-6-16(14)20(21,22)23/h3-6,9-10H,7-8H2,1-2H3,(H,26,27). The number of carboxylic acid groups (broad SMARTS) is 1. The van der Waals surface area contributed by atoms with E-state index in [-0.39, 0.29) is 22.4 Å². The Bertz CT molecular complexity index is 975. The Hall–Kier alpha value is -2.96. The molecule has 0 saturated carbocycles. The van der Waals surface area contributed by atoms with Crippen LogP contribution in [-0.4, -0.2) is 21.8 Å². The van der Waals surface area contributed by atoms with E-state index in [0.717, 1.165) is 11.8 Å². The van der Waals surface area contributed by atoms with E-state index in [9.17, 15) is 23.1 Å². The summed E-state index contributed by atoms with van der Waals surface area (Å²) in [5, 5.41) is 9.79. The maximum absolute atomic E-state index is 13.4. The topological polar surface area (TPSA) is 62.5 Å². The summed E-state index contributed by atoms with van der Waals surface area (Å²) in [6.07, 6.45) is -2.07. The normalized spacial score (nSPS) is 14.9. The van der Waals surface area contributed by atoms with Gasteiger partial charge in [-0.3, -0.25) is 9.98 Å². The molecule has 1 N–H and O–H groups in total. The van der Waals surface area contributed by atoms with Crippen LogP contribution in [0.1, 0.15) is 48.3 Å². The molecule has 0 unspecified atom stereocenters. The van der Waals surface area contributed by atoms with E-state index in [1.165, 1.54) is 30.5 Å². The Morgan fingerprint density at radius 1 is 1.07 bits per heavy atom. The number of benzene rings is 1. The Balaban J connectivity index is 2.30. The van der Waals surface area contributed by atoms with Crippen molar-refractivity contribution in [3.05, 3.63) is 59.0 Å². The second-order valence-electron chi connectivity index (χ2n) is 6.34. The quantitative estimate of drug-likeness (QED) is 0.777. The summed E-state index contributed by atoms with van der Waals surface area (Å²) in [6.45, 7) is 3.63. The van der Waals surface area contributed by atoms with Gasteiger partial charge in [0.15, 0.2) is 0 Å². The van der Waals surface area contributed by atoms with Crippen molar-refractivity contribution in [1.82, 2.24) is 4.98 Å². The van der Waals surface area contributed by atoms with Crippen LogP contribution in [0, 0.1) is 0 Å². The van der Waals surface area contributed by atoms with Crippen LogP contribution in [0.3, 0.4) is 0 Å². The minimum Gasteiger partial charge on any atom is -0.478 e. The molecule has 0 spiro atoms. The molecular formula is C20H17F3N2O2. The number of hydrogen-bond acceptors (Lipinski definition) is 3. The van der Waals surface area contributed by atoms with Gasteiger partial charge in [0.05, 0.1) is 16.8 Å². The highest BCUT2D eigenvalue weighted by atomic mass is 19.4. The van der Waals surface area contributed by atoms with Crippen LogP contribution in [0.25, 0.3) is 16.7 Å². The van der Waals surface area contributed by atoms with E-state index in [4.69, 9.17) is 0 Å². The summed E-state index contributed by atoms with van der Waals surface area (Å²) in [4.78, 5) is 20.6. The van der Waals surface area contributed by atoms with Crippen LogP contribution in [0.15, 0.2) is 47.2 Å². The van der Waals surface area contributed by atoms with Crippen molar-refractivity contribution < 1.29 is 23.1 Å². The molecule has 4 nitrogen and oxygen atoms in total.